The molecule has 1 amide bonds. The summed E-state index contributed by atoms with van der Waals surface area (Å²) >= 11 is 1.32. The number of thiophene rings is 1. The number of rotatable bonds is 2. The van der Waals surface area contributed by atoms with E-state index >= 15 is 0 Å². The topological polar surface area (TPSA) is 72.9 Å². The maximum Gasteiger partial charge on any atom is 0.267 e. The second-order valence-corrected chi connectivity index (χ2v) is 3.98. The van der Waals surface area contributed by atoms with E-state index in [1.54, 1.807) is 35.6 Å². The summed E-state index contributed by atoms with van der Waals surface area (Å²) in [7, 11) is 1.79. The van der Waals surface area contributed by atoms with Gasteiger partial charge in [0.1, 0.15) is 4.88 Å². The number of carbonyl (C=O) groups excluding carboxylic acids is 1. The monoisotopic (exact) mass is 222 g/mol. The van der Waals surface area contributed by atoms with Crippen LogP contribution in [0.2, 0.25) is 0 Å². The molecule has 2 aromatic heterocycles. The molecule has 78 valence electrons. The van der Waals surface area contributed by atoms with E-state index in [9.17, 15) is 4.79 Å². The van der Waals surface area contributed by atoms with E-state index in [-0.39, 0.29) is 5.91 Å². The number of aryl methyl sites for hydroxylation is 1. The zero-order chi connectivity index (χ0) is 10.8. The molecule has 0 aliphatic heterocycles. The molecule has 0 unspecified atom stereocenters. The van der Waals surface area contributed by atoms with Crippen LogP contribution in [0, 0.1) is 0 Å². The number of aromatic nitrogens is 2. The fourth-order valence-electron chi connectivity index (χ4n) is 1.18. The molecule has 0 saturated carbocycles. The Bertz CT molecular complexity index is 488. The first-order valence-electron chi connectivity index (χ1n) is 4.30. The standard InChI is InChI=1S/C9H10N4OS/c1-13-5-6(4-11-13)12-9(14)8-7(10)2-3-15-8/h2-5H,10H2,1H3,(H,12,14). The first kappa shape index (κ1) is 9.72. The molecule has 0 atom stereocenters. The molecule has 0 aliphatic carbocycles. The van der Waals surface area contributed by atoms with Crippen molar-refractivity contribution in [3.8, 4) is 0 Å². The van der Waals surface area contributed by atoms with Crippen molar-refractivity contribution in [2.24, 2.45) is 7.05 Å². The molecule has 0 fully saturated rings. The Morgan fingerprint density at radius 2 is 2.47 bits per heavy atom. The van der Waals surface area contributed by atoms with Crippen molar-refractivity contribution < 1.29 is 4.79 Å². The highest BCUT2D eigenvalue weighted by Gasteiger charge is 2.11. The number of amides is 1. The fourth-order valence-corrected chi connectivity index (χ4v) is 1.89. The molecule has 0 radical (unpaired) electrons. The Morgan fingerprint density at radius 1 is 1.67 bits per heavy atom. The molecule has 0 bridgehead atoms. The predicted octanol–water partition coefficient (Wildman–Crippen LogP) is 1.32. The van der Waals surface area contributed by atoms with Crippen molar-refractivity contribution in [1.82, 2.24) is 9.78 Å². The Labute approximate surface area is 90.5 Å². The molecule has 0 aromatic carbocycles. The highest BCUT2D eigenvalue weighted by atomic mass is 32.1. The molecule has 0 spiro atoms. The van der Waals surface area contributed by atoms with Crippen LogP contribution in [0.25, 0.3) is 0 Å². The molecule has 2 aromatic rings. The van der Waals surface area contributed by atoms with Gasteiger partial charge in [-0.1, -0.05) is 0 Å². The number of nitrogens with one attached hydrogen (secondary N) is 1. The average molecular weight is 222 g/mol. The number of nitrogens with zero attached hydrogens (tertiary/aromatic N) is 2. The van der Waals surface area contributed by atoms with Crippen molar-refractivity contribution in [2.75, 3.05) is 11.1 Å². The van der Waals surface area contributed by atoms with Gasteiger partial charge in [0.2, 0.25) is 0 Å². The minimum absolute atomic E-state index is 0.199. The molecule has 0 saturated heterocycles. The average Bonchev–Trinajstić information content (AvgIpc) is 2.75. The second-order valence-electron chi connectivity index (χ2n) is 3.06. The Balaban J connectivity index is 2.14. The molecule has 2 rings (SSSR count). The number of carbonyl (C=O) groups is 1. The quantitative estimate of drug-likeness (QED) is 0.804. The summed E-state index contributed by atoms with van der Waals surface area (Å²) in [5, 5.41) is 8.45. The third kappa shape index (κ3) is 1.99. The second kappa shape index (κ2) is 3.74. The zero-order valence-corrected chi connectivity index (χ0v) is 8.91. The fraction of sp³-hybridized carbons (Fsp3) is 0.111. The number of hydrogen-bond acceptors (Lipinski definition) is 4. The summed E-state index contributed by atoms with van der Waals surface area (Å²) < 4.78 is 1.62. The van der Waals surface area contributed by atoms with E-state index in [0.29, 0.717) is 16.3 Å². The number of anilines is 2. The largest absolute Gasteiger partial charge is 0.397 e. The lowest BCUT2D eigenvalue weighted by molar-refractivity contribution is 0.103. The highest BCUT2D eigenvalue weighted by Crippen LogP contribution is 2.20. The summed E-state index contributed by atoms with van der Waals surface area (Å²) in [6.45, 7) is 0. The smallest absolute Gasteiger partial charge is 0.267 e. The van der Waals surface area contributed by atoms with Gasteiger partial charge in [0.05, 0.1) is 17.6 Å². The van der Waals surface area contributed by atoms with Gasteiger partial charge in [-0.05, 0) is 11.4 Å². The van der Waals surface area contributed by atoms with Gasteiger partial charge in [-0.2, -0.15) is 5.10 Å². The zero-order valence-electron chi connectivity index (χ0n) is 8.10. The maximum atomic E-state index is 11.7. The molecule has 2 heterocycles. The van der Waals surface area contributed by atoms with E-state index < -0.39 is 0 Å². The van der Waals surface area contributed by atoms with Crippen molar-refractivity contribution >= 4 is 28.6 Å². The number of nitrogens with two attached hydrogens (primary N) is 1. The molecule has 0 aliphatic rings. The van der Waals surface area contributed by atoms with Crippen molar-refractivity contribution in [3.63, 3.8) is 0 Å². The minimum Gasteiger partial charge on any atom is -0.397 e. The Morgan fingerprint density at radius 3 is 3.00 bits per heavy atom. The molecule has 15 heavy (non-hydrogen) atoms. The lowest BCUT2D eigenvalue weighted by atomic mass is 10.4. The van der Waals surface area contributed by atoms with Gasteiger partial charge in [-0.3, -0.25) is 9.48 Å². The number of nitrogen functional groups attached to an aromatic ring is 1. The lowest BCUT2D eigenvalue weighted by Gasteiger charge is -2.00. The van der Waals surface area contributed by atoms with Crippen LogP contribution < -0.4 is 11.1 Å². The highest BCUT2D eigenvalue weighted by molar-refractivity contribution is 7.12. The van der Waals surface area contributed by atoms with Crippen LogP contribution in [0.4, 0.5) is 11.4 Å². The third-order valence-electron chi connectivity index (χ3n) is 1.86. The predicted molar refractivity (Wildman–Crippen MR) is 59.9 cm³/mol. The Hall–Kier alpha value is -1.82. The van der Waals surface area contributed by atoms with Crippen molar-refractivity contribution in [3.05, 3.63) is 28.7 Å². The van der Waals surface area contributed by atoms with Crippen molar-refractivity contribution in [1.29, 1.82) is 0 Å². The minimum atomic E-state index is -0.199. The van der Waals surface area contributed by atoms with Gasteiger partial charge < -0.3 is 11.1 Å². The van der Waals surface area contributed by atoms with Crippen LogP contribution >= 0.6 is 11.3 Å². The van der Waals surface area contributed by atoms with E-state index in [0.717, 1.165) is 0 Å². The summed E-state index contributed by atoms with van der Waals surface area (Å²) in [4.78, 5) is 12.2. The maximum absolute atomic E-state index is 11.7. The first-order chi connectivity index (χ1) is 7.16. The van der Waals surface area contributed by atoms with E-state index in [1.807, 2.05) is 0 Å². The van der Waals surface area contributed by atoms with Crippen LogP contribution in [0.3, 0.4) is 0 Å². The molecule has 3 N–H and O–H groups in total. The summed E-state index contributed by atoms with van der Waals surface area (Å²) in [6.07, 6.45) is 3.31. The van der Waals surface area contributed by atoms with Gasteiger partial charge in [0, 0.05) is 13.2 Å². The van der Waals surface area contributed by atoms with E-state index in [4.69, 9.17) is 5.73 Å². The van der Waals surface area contributed by atoms with Crippen LogP contribution in [0.5, 0.6) is 0 Å². The van der Waals surface area contributed by atoms with Crippen molar-refractivity contribution in [2.45, 2.75) is 0 Å². The molecule has 5 nitrogen and oxygen atoms in total. The van der Waals surface area contributed by atoms with Gasteiger partial charge >= 0.3 is 0 Å². The molecular formula is C9H10N4OS. The van der Waals surface area contributed by atoms with Crippen LogP contribution in [-0.4, -0.2) is 15.7 Å². The van der Waals surface area contributed by atoms with Gasteiger partial charge in [-0.25, -0.2) is 0 Å². The summed E-state index contributed by atoms with van der Waals surface area (Å²) in [6, 6.07) is 1.71. The molecular weight excluding hydrogens is 212 g/mol. The normalized spacial score (nSPS) is 10.2. The van der Waals surface area contributed by atoms with Gasteiger partial charge in [0.15, 0.2) is 0 Å². The number of hydrogen-bond donors (Lipinski definition) is 2. The summed E-state index contributed by atoms with van der Waals surface area (Å²) in [5.74, 6) is -0.199. The molecule has 6 heteroatoms. The van der Waals surface area contributed by atoms with Crippen LogP contribution in [0.15, 0.2) is 23.8 Å². The van der Waals surface area contributed by atoms with E-state index in [2.05, 4.69) is 10.4 Å². The van der Waals surface area contributed by atoms with Crippen LogP contribution in [0.1, 0.15) is 9.67 Å². The van der Waals surface area contributed by atoms with Gasteiger partial charge in [-0.15, -0.1) is 11.3 Å². The van der Waals surface area contributed by atoms with Gasteiger partial charge in [0.25, 0.3) is 5.91 Å². The Kier molecular flexibility index (Phi) is 2.42. The SMILES string of the molecule is Cn1cc(NC(=O)c2sccc2N)cn1. The van der Waals surface area contributed by atoms with E-state index in [1.165, 1.54) is 11.3 Å². The first-order valence-corrected chi connectivity index (χ1v) is 5.18. The summed E-state index contributed by atoms with van der Waals surface area (Å²) in [5.41, 5.74) is 6.79. The van der Waals surface area contributed by atoms with Crippen LogP contribution in [-0.2, 0) is 7.05 Å². The third-order valence-corrected chi connectivity index (χ3v) is 2.79. The lowest BCUT2D eigenvalue weighted by Crippen LogP contribution is -2.11.